The topological polar surface area (TPSA) is 54.5 Å². The number of rotatable bonds is 5. The van der Waals surface area contributed by atoms with Crippen molar-refractivity contribution in [3.63, 3.8) is 0 Å². The van der Waals surface area contributed by atoms with Crippen LogP contribution in [-0.2, 0) is 4.74 Å². The fourth-order valence-corrected chi connectivity index (χ4v) is 2.73. The Balaban J connectivity index is 2.21. The molecule has 0 bridgehead atoms. The van der Waals surface area contributed by atoms with Crippen molar-refractivity contribution >= 4 is 33.9 Å². The highest BCUT2D eigenvalue weighted by Crippen LogP contribution is 2.33. The molecule has 5 nitrogen and oxygen atoms in total. The summed E-state index contributed by atoms with van der Waals surface area (Å²) in [5.74, 6) is -0.384. The molecule has 1 aromatic heterocycles. The molecular weight excluding hydrogens is 314 g/mol. The second-order valence-corrected chi connectivity index (χ2v) is 5.83. The third-order valence-corrected chi connectivity index (χ3v) is 3.90. The van der Waals surface area contributed by atoms with Gasteiger partial charge in [0.1, 0.15) is 5.56 Å². The van der Waals surface area contributed by atoms with E-state index < -0.39 is 0 Å². The maximum atomic E-state index is 12.4. The van der Waals surface area contributed by atoms with Crippen LogP contribution in [0.5, 0.6) is 0 Å². The smallest absolute Gasteiger partial charge is 0.341 e. The number of ether oxygens (including phenoxy) is 1. The van der Waals surface area contributed by atoms with E-state index in [-0.39, 0.29) is 5.97 Å². The minimum atomic E-state index is -0.384. The van der Waals surface area contributed by atoms with Crippen molar-refractivity contribution in [3.05, 3.63) is 60.3 Å². The van der Waals surface area contributed by atoms with Crippen LogP contribution in [0.25, 0.3) is 10.9 Å². The average Bonchev–Trinajstić information content (AvgIpc) is 2.62. The zero-order chi connectivity index (χ0) is 17.8. The number of aromatic nitrogens is 1. The molecule has 5 heteroatoms. The third-order valence-electron chi connectivity index (χ3n) is 3.90. The Morgan fingerprint density at radius 3 is 2.56 bits per heavy atom. The van der Waals surface area contributed by atoms with Crippen LogP contribution in [0, 0.1) is 0 Å². The normalized spacial score (nSPS) is 10.5. The number of benzene rings is 2. The SMILES string of the molecule is CCOC(=O)c1cnc2c(N(C)C)cccc2c1Nc1ccccc1. The average molecular weight is 335 g/mol. The largest absolute Gasteiger partial charge is 0.462 e. The van der Waals surface area contributed by atoms with Crippen LogP contribution < -0.4 is 10.2 Å². The Hall–Kier alpha value is -3.08. The summed E-state index contributed by atoms with van der Waals surface area (Å²) in [6.45, 7) is 2.11. The van der Waals surface area contributed by atoms with E-state index >= 15 is 0 Å². The van der Waals surface area contributed by atoms with Crippen molar-refractivity contribution in [2.75, 3.05) is 30.9 Å². The summed E-state index contributed by atoms with van der Waals surface area (Å²) in [7, 11) is 3.94. The number of nitrogens with one attached hydrogen (secondary N) is 1. The van der Waals surface area contributed by atoms with Crippen LogP contribution in [0.1, 0.15) is 17.3 Å². The monoisotopic (exact) mass is 335 g/mol. The quantitative estimate of drug-likeness (QED) is 0.708. The second kappa shape index (κ2) is 7.21. The van der Waals surface area contributed by atoms with E-state index in [1.807, 2.05) is 67.5 Å². The van der Waals surface area contributed by atoms with Gasteiger partial charge in [0.25, 0.3) is 0 Å². The number of carbonyl (C=O) groups excluding carboxylic acids is 1. The summed E-state index contributed by atoms with van der Waals surface area (Å²) in [5, 5.41) is 4.24. The van der Waals surface area contributed by atoms with Gasteiger partial charge in [-0.25, -0.2) is 4.79 Å². The molecule has 25 heavy (non-hydrogen) atoms. The highest BCUT2D eigenvalue weighted by molar-refractivity contribution is 6.08. The molecule has 0 radical (unpaired) electrons. The fraction of sp³-hybridized carbons (Fsp3) is 0.200. The van der Waals surface area contributed by atoms with E-state index in [9.17, 15) is 4.79 Å². The summed E-state index contributed by atoms with van der Waals surface area (Å²) in [6.07, 6.45) is 1.58. The van der Waals surface area contributed by atoms with Crippen LogP contribution in [0.3, 0.4) is 0 Å². The molecule has 1 heterocycles. The number of esters is 1. The predicted octanol–water partition coefficient (Wildman–Crippen LogP) is 4.22. The molecule has 0 atom stereocenters. The van der Waals surface area contributed by atoms with E-state index in [1.165, 1.54) is 0 Å². The fourth-order valence-electron chi connectivity index (χ4n) is 2.73. The maximum absolute atomic E-state index is 12.4. The number of anilines is 3. The summed E-state index contributed by atoms with van der Waals surface area (Å²) in [6, 6.07) is 15.7. The molecule has 2 aromatic carbocycles. The van der Waals surface area contributed by atoms with E-state index in [2.05, 4.69) is 10.3 Å². The van der Waals surface area contributed by atoms with Gasteiger partial charge in [0.05, 0.1) is 23.5 Å². The van der Waals surface area contributed by atoms with Crippen LogP contribution in [0.4, 0.5) is 17.1 Å². The van der Waals surface area contributed by atoms with Gasteiger partial charge in [-0.2, -0.15) is 0 Å². The van der Waals surface area contributed by atoms with Crippen molar-refractivity contribution in [3.8, 4) is 0 Å². The number of para-hydroxylation sites is 2. The molecule has 3 aromatic rings. The van der Waals surface area contributed by atoms with Crippen molar-refractivity contribution in [2.45, 2.75) is 6.92 Å². The van der Waals surface area contributed by atoms with Crippen molar-refractivity contribution < 1.29 is 9.53 Å². The highest BCUT2D eigenvalue weighted by atomic mass is 16.5. The van der Waals surface area contributed by atoms with Gasteiger partial charge >= 0.3 is 5.97 Å². The van der Waals surface area contributed by atoms with Crippen molar-refractivity contribution in [1.82, 2.24) is 4.98 Å². The van der Waals surface area contributed by atoms with Crippen molar-refractivity contribution in [1.29, 1.82) is 0 Å². The molecule has 0 saturated heterocycles. The standard InChI is InChI=1S/C20H21N3O2/c1-4-25-20(24)16-13-21-19-15(11-8-12-17(19)23(2)3)18(16)22-14-9-6-5-7-10-14/h5-13H,4H2,1-3H3,(H,21,22). The molecule has 128 valence electrons. The van der Waals surface area contributed by atoms with Gasteiger partial charge in [0.2, 0.25) is 0 Å². The summed E-state index contributed by atoms with van der Waals surface area (Å²) in [5.41, 5.74) is 3.85. The number of fused-ring (bicyclic) bond motifs is 1. The zero-order valence-electron chi connectivity index (χ0n) is 14.6. The summed E-state index contributed by atoms with van der Waals surface area (Å²) < 4.78 is 5.20. The zero-order valence-corrected chi connectivity index (χ0v) is 14.6. The molecule has 0 aliphatic carbocycles. The lowest BCUT2D eigenvalue weighted by Gasteiger charge is -2.18. The summed E-state index contributed by atoms with van der Waals surface area (Å²) in [4.78, 5) is 18.9. The molecule has 0 unspecified atom stereocenters. The van der Waals surface area contributed by atoms with Crippen molar-refractivity contribution in [2.24, 2.45) is 0 Å². The molecule has 0 aliphatic rings. The Morgan fingerprint density at radius 2 is 1.88 bits per heavy atom. The first-order valence-corrected chi connectivity index (χ1v) is 8.20. The molecule has 0 amide bonds. The Morgan fingerprint density at radius 1 is 1.12 bits per heavy atom. The lowest BCUT2D eigenvalue weighted by molar-refractivity contribution is 0.0527. The van der Waals surface area contributed by atoms with Gasteiger partial charge in [-0.1, -0.05) is 30.3 Å². The Kier molecular flexibility index (Phi) is 4.84. The Labute approximate surface area is 147 Å². The van der Waals surface area contributed by atoms with E-state index in [4.69, 9.17) is 4.74 Å². The van der Waals surface area contributed by atoms with Crippen LogP contribution in [0.15, 0.2) is 54.7 Å². The van der Waals surface area contributed by atoms with E-state index in [0.29, 0.717) is 17.9 Å². The molecule has 0 spiro atoms. The van der Waals surface area contributed by atoms with Crippen LogP contribution in [0.2, 0.25) is 0 Å². The molecule has 1 N–H and O–H groups in total. The first kappa shape index (κ1) is 16.8. The van der Waals surface area contributed by atoms with E-state index in [1.54, 1.807) is 13.1 Å². The first-order valence-electron chi connectivity index (χ1n) is 8.20. The second-order valence-electron chi connectivity index (χ2n) is 5.83. The van der Waals surface area contributed by atoms with E-state index in [0.717, 1.165) is 22.3 Å². The molecular formula is C20H21N3O2. The number of pyridine rings is 1. The number of hydrogen-bond acceptors (Lipinski definition) is 5. The number of hydrogen-bond donors (Lipinski definition) is 1. The first-order chi connectivity index (χ1) is 12.1. The van der Waals surface area contributed by atoms with Crippen LogP contribution >= 0.6 is 0 Å². The molecule has 0 fully saturated rings. The van der Waals surface area contributed by atoms with Gasteiger partial charge in [-0.05, 0) is 25.1 Å². The van der Waals surface area contributed by atoms with Gasteiger partial charge in [-0.3, -0.25) is 4.98 Å². The Bertz CT molecular complexity index is 892. The molecule has 0 aliphatic heterocycles. The lowest BCUT2D eigenvalue weighted by Crippen LogP contribution is -2.12. The minimum absolute atomic E-state index is 0.319. The highest BCUT2D eigenvalue weighted by Gasteiger charge is 2.18. The molecule has 3 rings (SSSR count). The number of nitrogens with zero attached hydrogens (tertiary/aromatic N) is 2. The number of carbonyl (C=O) groups is 1. The minimum Gasteiger partial charge on any atom is -0.462 e. The summed E-state index contributed by atoms with van der Waals surface area (Å²) >= 11 is 0. The predicted molar refractivity (Wildman–Crippen MR) is 102 cm³/mol. The van der Waals surface area contributed by atoms with Crippen LogP contribution in [-0.4, -0.2) is 31.7 Å². The lowest BCUT2D eigenvalue weighted by atomic mass is 10.1. The third kappa shape index (κ3) is 3.40. The molecule has 0 saturated carbocycles. The van der Waals surface area contributed by atoms with Gasteiger partial charge < -0.3 is 15.0 Å². The van der Waals surface area contributed by atoms with Gasteiger partial charge in [-0.15, -0.1) is 0 Å². The maximum Gasteiger partial charge on any atom is 0.341 e. The van der Waals surface area contributed by atoms with Gasteiger partial charge in [0.15, 0.2) is 0 Å². The van der Waals surface area contributed by atoms with Gasteiger partial charge in [0, 0.05) is 31.4 Å².